The summed E-state index contributed by atoms with van der Waals surface area (Å²) in [5.74, 6) is 0. The van der Waals surface area contributed by atoms with Gasteiger partial charge in [-0.15, -0.1) is 0 Å². The van der Waals surface area contributed by atoms with Crippen molar-refractivity contribution in [3.8, 4) is 0 Å². The van der Waals surface area contributed by atoms with Crippen molar-refractivity contribution in [2.24, 2.45) is 0 Å². The fraction of sp³-hybridized carbons (Fsp3) is 0.455. The molecule has 3 heteroatoms. The van der Waals surface area contributed by atoms with Gasteiger partial charge in [-0.1, -0.05) is 29.8 Å². The fourth-order valence-electron chi connectivity index (χ4n) is 1.03. The van der Waals surface area contributed by atoms with Crippen molar-refractivity contribution in [3.63, 3.8) is 0 Å². The molecule has 0 radical (unpaired) electrons. The molecule has 0 aliphatic heterocycles. The summed E-state index contributed by atoms with van der Waals surface area (Å²) >= 11 is 5.99. The second-order valence-corrected chi connectivity index (χ2v) is 4.39. The SMILES string of the molecule is CC(C)(CO)NCc1ccccc1Cl. The van der Waals surface area contributed by atoms with Crippen LogP contribution in [0.2, 0.25) is 5.02 Å². The summed E-state index contributed by atoms with van der Waals surface area (Å²) < 4.78 is 0. The molecule has 78 valence electrons. The number of aliphatic hydroxyl groups excluding tert-OH is 1. The molecule has 1 rings (SSSR count). The standard InChI is InChI=1S/C11H16ClNO/c1-11(2,8-14)13-7-9-5-3-4-6-10(9)12/h3-6,13-14H,7-8H2,1-2H3. The summed E-state index contributed by atoms with van der Waals surface area (Å²) in [7, 11) is 0. The monoisotopic (exact) mass is 213 g/mol. The van der Waals surface area contributed by atoms with Gasteiger partial charge < -0.3 is 10.4 Å². The zero-order chi connectivity index (χ0) is 10.6. The van der Waals surface area contributed by atoms with Crippen LogP contribution in [0.25, 0.3) is 0 Å². The Morgan fingerprint density at radius 3 is 2.57 bits per heavy atom. The summed E-state index contributed by atoms with van der Waals surface area (Å²) in [6, 6.07) is 7.70. The maximum absolute atomic E-state index is 9.05. The summed E-state index contributed by atoms with van der Waals surface area (Å²) in [5.41, 5.74) is 0.787. The van der Waals surface area contributed by atoms with Crippen LogP contribution in [0.3, 0.4) is 0 Å². The van der Waals surface area contributed by atoms with Gasteiger partial charge in [-0.25, -0.2) is 0 Å². The topological polar surface area (TPSA) is 32.3 Å². The first kappa shape index (κ1) is 11.5. The number of halogens is 1. The highest BCUT2D eigenvalue weighted by Gasteiger charge is 2.15. The van der Waals surface area contributed by atoms with Crippen molar-refractivity contribution >= 4 is 11.6 Å². The smallest absolute Gasteiger partial charge is 0.0607 e. The van der Waals surface area contributed by atoms with Gasteiger partial charge in [-0.2, -0.15) is 0 Å². The average molecular weight is 214 g/mol. The van der Waals surface area contributed by atoms with Crippen molar-refractivity contribution in [2.75, 3.05) is 6.61 Å². The number of benzene rings is 1. The van der Waals surface area contributed by atoms with Gasteiger partial charge in [0.15, 0.2) is 0 Å². The Bertz CT molecular complexity index is 299. The van der Waals surface area contributed by atoms with E-state index in [2.05, 4.69) is 5.32 Å². The number of hydrogen-bond donors (Lipinski definition) is 2. The van der Waals surface area contributed by atoms with Gasteiger partial charge in [0.2, 0.25) is 0 Å². The van der Waals surface area contributed by atoms with Gasteiger partial charge in [0, 0.05) is 17.1 Å². The van der Waals surface area contributed by atoms with Crippen molar-refractivity contribution in [3.05, 3.63) is 34.9 Å². The van der Waals surface area contributed by atoms with E-state index in [1.165, 1.54) is 0 Å². The third-order valence-corrected chi connectivity index (χ3v) is 2.48. The van der Waals surface area contributed by atoms with Crippen LogP contribution in [0, 0.1) is 0 Å². The number of hydrogen-bond acceptors (Lipinski definition) is 2. The molecule has 1 aromatic rings. The molecular formula is C11H16ClNO. The number of rotatable bonds is 4. The molecule has 0 saturated carbocycles. The summed E-state index contributed by atoms with van der Waals surface area (Å²) in [4.78, 5) is 0. The Hall–Kier alpha value is -0.570. The first-order valence-corrected chi connectivity index (χ1v) is 5.02. The Kier molecular flexibility index (Phi) is 3.93. The second-order valence-electron chi connectivity index (χ2n) is 3.99. The molecule has 1 aromatic carbocycles. The van der Waals surface area contributed by atoms with Gasteiger partial charge in [-0.3, -0.25) is 0 Å². The summed E-state index contributed by atoms with van der Waals surface area (Å²) in [5, 5.41) is 13.0. The molecule has 0 amide bonds. The van der Waals surface area contributed by atoms with E-state index in [4.69, 9.17) is 16.7 Å². The lowest BCUT2D eigenvalue weighted by Gasteiger charge is -2.23. The first-order chi connectivity index (χ1) is 6.55. The zero-order valence-corrected chi connectivity index (χ0v) is 9.30. The van der Waals surface area contributed by atoms with Gasteiger partial charge in [0.1, 0.15) is 0 Å². The lowest BCUT2D eigenvalue weighted by molar-refractivity contribution is 0.187. The van der Waals surface area contributed by atoms with E-state index in [1.54, 1.807) is 0 Å². The highest BCUT2D eigenvalue weighted by atomic mass is 35.5. The Morgan fingerprint density at radius 2 is 2.00 bits per heavy atom. The minimum Gasteiger partial charge on any atom is -0.394 e. The van der Waals surface area contributed by atoms with Crippen LogP contribution >= 0.6 is 11.6 Å². The minimum absolute atomic E-state index is 0.109. The highest BCUT2D eigenvalue weighted by Crippen LogP contribution is 2.15. The second kappa shape index (κ2) is 4.78. The van der Waals surface area contributed by atoms with Gasteiger partial charge in [0.05, 0.1) is 6.61 Å². The number of aliphatic hydroxyl groups is 1. The third-order valence-electron chi connectivity index (χ3n) is 2.11. The first-order valence-electron chi connectivity index (χ1n) is 4.64. The van der Waals surface area contributed by atoms with Gasteiger partial charge >= 0.3 is 0 Å². The average Bonchev–Trinajstić information content (AvgIpc) is 2.17. The molecule has 14 heavy (non-hydrogen) atoms. The maximum atomic E-state index is 9.05. The van der Waals surface area contributed by atoms with E-state index in [1.807, 2.05) is 38.1 Å². The van der Waals surface area contributed by atoms with E-state index in [0.29, 0.717) is 6.54 Å². The van der Waals surface area contributed by atoms with Crippen molar-refractivity contribution in [2.45, 2.75) is 25.9 Å². The lowest BCUT2D eigenvalue weighted by Crippen LogP contribution is -2.42. The Balaban J connectivity index is 2.58. The molecule has 0 aliphatic rings. The van der Waals surface area contributed by atoms with Crippen molar-refractivity contribution < 1.29 is 5.11 Å². The van der Waals surface area contributed by atoms with Crippen molar-refractivity contribution in [1.29, 1.82) is 0 Å². The lowest BCUT2D eigenvalue weighted by atomic mass is 10.1. The van der Waals surface area contributed by atoms with E-state index >= 15 is 0 Å². The molecule has 0 spiro atoms. The molecule has 2 nitrogen and oxygen atoms in total. The molecule has 0 heterocycles. The van der Waals surface area contributed by atoms with Crippen LogP contribution in [0.1, 0.15) is 19.4 Å². The predicted molar refractivity (Wildman–Crippen MR) is 59.5 cm³/mol. The molecule has 0 bridgehead atoms. The van der Waals surface area contributed by atoms with Crippen LogP contribution in [-0.4, -0.2) is 17.3 Å². The largest absolute Gasteiger partial charge is 0.394 e. The van der Waals surface area contributed by atoms with Crippen molar-refractivity contribution in [1.82, 2.24) is 5.32 Å². The predicted octanol–water partition coefficient (Wildman–Crippen LogP) is 2.20. The van der Waals surface area contributed by atoms with Gasteiger partial charge in [-0.05, 0) is 25.5 Å². The van der Waals surface area contributed by atoms with E-state index < -0.39 is 0 Å². The van der Waals surface area contributed by atoms with Crippen LogP contribution in [0.4, 0.5) is 0 Å². The molecule has 0 aliphatic carbocycles. The Labute approximate surface area is 89.9 Å². The molecule has 0 aromatic heterocycles. The molecular weight excluding hydrogens is 198 g/mol. The van der Waals surface area contributed by atoms with E-state index in [0.717, 1.165) is 10.6 Å². The molecule has 0 unspecified atom stereocenters. The third kappa shape index (κ3) is 3.29. The quantitative estimate of drug-likeness (QED) is 0.804. The molecule has 0 fully saturated rings. The summed E-state index contributed by atoms with van der Waals surface area (Å²) in [6.45, 7) is 4.68. The summed E-state index contributed by atoms with van der Waals surface area (Å²) in [6.07, 6.45) is 0. The fourth-order valence-corrected chi connectivity index (χ4v) is 1.23. The number of nitrogens with one attached hydrogen (secondary N) is 1. The maximum Gasteiger partial charge on any atom is 0.0607 e. The molecule has 2 N–H and O–H groups in total. The normalized spacial score (nSPS) is 11.7. The highest BCUT2D eigenvalue weighted by molar-refractivity contribution is 6.31. The zero-order valence-electron chi connectivity index (χ0n) is 8.55. The Morgan fingerprint density at radius 1 is 1.36 bits per heavy atom. The van der Waals surface area contributed by atoms with Gasteiger partial charge in [0.25, 0.3) is 0 Å². The van der Waals surface area contributed by atoms with Crippen LogP contribution in [-0.2, 0) is 6.54 Å². The van der Waals surface area contributed by atoms with Crippen LogP contribution in [0.5, 0.6) is 0 Å². The molecule has 0 atom stereocenters. The van der Waals surface area contributed by atoms with E-state index in [-0.39, 0.29) is 12.1 Å². The molecule has 0 saturated heterocycles. The van der Waals surface area contributed by atoms with Crippen LogP contribution in [0.15, 0.2) is 24.3 Å². The van der Waals surface area contributed by atoms with E-state index in [9.17, 15) is 0 Å². The minimum atomic E-state index is -0.265. The van der Waals surface area contributed by atoms with Crippen LogP contribution < -0.4 is 5.32 Å².